The van der Waals surface area contributed by atoms with Crippen LogP contribution in [0.3, 0.4) is 0 Å². The van der Waals surface area contributed by atoms with Gasteiger partial charge in [0.25, 0.3) is 0 Å². The molecule has 1 aromatic rings. The molecule has 0 aliphatic rings. The van der Waals surface area contributed by atoms with Crippen molar-refractivity contribution in [3.63, 3.8) is 0 Å². The number of rotatable bonds is 7. The van der Waals surface area contributed by atoms with Gasteiger partial charge in [0.15, 0.2) is 0 Å². The number of nitrogen functional groups attached to an aromatic ring is 1. The van der Waals surface area contributed by atoms with Crippen molar-refractivity contribution >= 4 is 5.84 Å². The van der Waals surface area contributed by atoms with E-state index >= 15 is 0 Å². The summed E-state index contributed by atoms with van der Waals surface area (Å²) in [5, 5.41) is 7.29. The second-order valence-electron chi connectivity index (χ2n) is 3.92. The van der Waals surface area contributed by atoms with Crippen molar-refractivity contribution in [2.75, 3.05) is 19.8 Å². The molecule has 20 heavy (non-hydrogen) atoms. The van der Waals surface area contributed by atoms with Crippen molar-refractivity contribution in [2.24, 2.45) is 5.73 Å². The molecular formula is C12H16F3N3O2. The Morgan fingerprint density at radius 3 is 2.55 bits per heavy atom. The first kappa shape index (κ1) is 16.2. The van der Waals surface area contributed by atoms with Crippen LogP contribution in [-0.2, 0) is 10.9 Å². The number of halogens is 3. The zero-order valence-corrected chi connectivity index (χ0v) is 11.0. The maximum absolute atomic E-state index is 12.6. The van der Waals surface area contributed by atoms with Gasteiger partial charge in [0.05, 0.1) is 12.2 Å². The molecule has 0 bridgehead atoms. The molecule has 5 nitrogen and oxygen atoms in total. The number of ether oxygens (including phenoxy) is 2. The molecule has 1 rings (SSSR count). The third-order valence-electron chi connectivity index (χ3n) is 2.26. The zero-order chi connectivity index (χ0) is 15.2. The van der Waals surface area contributed by atoms with Gasteiger partial charge in [-0.25, -0.2) is 4.98 Å². The number of alkyl halides is 3. The van der Waals surface area contributed by atoms with E-state index in [1.807, 2.05) is 6.92 Å². The Balaban J connectivity index is 2.81. The number of aromatic nitrogens is 1. The first-order valence-electron chi connectivity index (χ1n) is 5.99. The molecule has 0 saturated carbocycles. The number of nitrogens with one attached hydrogen (secondary N) is 1. The lowest BCUT2D eigenvalue weighted by molar-refractivity contribution is -0.141. The average molecular weight is 291 g/mol. The topological polar surface area (TPSA) is 81.2 Å². The fourth-order valence-corrected chi connectivity index (χ4v) is 1.36. The molecule has 0 unspecified atom stereocenters. The van der Waals surface area contributed by atoms with Crippen LogP contribution >= 0.6 is 0 Å². The molecule has 0 radical (unpaired) electrons. The van der Waals surface area contributed by atoms with E-state index in [0.717, 1.165) is 18.6 Å². The molecule has 8 heteroatoms. The van der Waals surface area contributed by atoms with Crippen molar-refractivity contribution in [3.05, 3.63) is 23.4 Å². The lowest BCUT2D eigenvalue weighted by Gasteiger charge is -2.12. The summed E-state index contributed by atoms with van der Waals surface area (Å²) < 4.78 is 48.0. The van der Waals surface area contributed by atoms with Gasteiger partial charge >= 0.3 is 6.18 Å². The summed E-state index contributed by atoms with van der Waals surface area (Å²) in [6.45, 7) is 2.74. The highest BCUT2D eigenvalue weighted by Gasteiger charge is 2.33. The minimum atomic E-state index is -4.58. The largest absolute Gasteiger partial charge is 0.475 e. The van der Waals surface area contributed by atoms with Crippen molar-refractivity contribution in [1.82, 2.24) is 4.98 Å². The van der Waals surface area contributed by atoms with Crippen LogP contribution < -0.4 is 10.5 Å². The maximum atomic E-state index is 12.6. The summed E-state index contributed by atoms with van der Waals surface area (Å²) in [6.07, 6.45) is -3.74. The van der Waals surface area contributed by atoms with Crippen molar-refractivity contribution in [2.45, 2.75) is 19.5 Å². The van der Waals surface area contributed by atoms with E-state index in [2.05, 4.69) is 4.98 Å². The Morgan fingerprint density at radius 2 is 2.00 bits per heavy atom. The van der Waals surface area contributed by atoms with Crippen LogP contribution in [0, 0.1) is 5.41 Å². The highest BCUT2D eigenvalue weighted by molar-refractivity contribution is 5.97. The van der Waals surface area contributed by atoms with Gasteiger partial charge in [-0.1, -0.05) is 6.92 Å². The third-order valence-corrected chi connectivity index (χ3v) is 2.26. The lowest BCUT2D eigenvalue weighted by Crippen LogP contribution is -2.18. The van der Waals surface area contributed by atoms with E-state index in [-0.39, 0.29) is 24.7 Å². The molecule has 1 heterocycles. The Morgan fingerprint density at radius 1 is 1.30 bits per heavy atom. The fraction of sp³-hybridized carbons (Fsp3) is 0.500. The minimum Gasteiger partial charge on any atom is -0.475 e. The second-order valence-corrected chi connectivity index (χ2v) is 3.92. The maximum Gasteiger partial charge on any atom is 0.433 e. The highest BCUT2D eigenvalue weighted by atomic mass is 19.4. The smallest absolute Gasteiger partial charge is 0.433 e. The quantitative estimate of drug-likeness (QED) is 0.458. The molecule has 3 N–H and O–H groups in total. The standard InChI is InChI=1S/C12H16F3N3O2/c1-2-5-19-6-7-20-11-8(10(16)17)3-4-9(18-11)12(13,14)15/h3-4H,2,5-7H2,1H3,(H3,16,17). The fourth-order valence-electron chi connectivity index (χ4n) is 1.36. The van der Waals surface area contributed by atoms with E-state index in [0.29, 0.717) is 6.61 Å². The molecule has 0 aromatic carbocycles. The minimum absolute atomic E-state index is 0.0218. The zero-order valence-electron chi connectivity index (χ0n) is 11.0. The highest BCUT2D eigenvalue weighted by Crippen LogP contribution is 2.30. The molecule has 0 fully saturated rings. The second kappa shape index (κ2) is 7.09. The normalized spacial score (nSPS) is 11.4. The van der Waals surface area contributed by atoms with Crippen LogP contribution in [-0.4, -0.2) is 30.6 Å². The van der Waals surface area contributed by atoms with Gasteiger partial charge in [0.2, 0.25) is 5.88 Å². The number of amidine groups is 1. The van der Waals surface area contributed by atoms with Gasteiger partial charge < -0.3 is 15.2 Å². The SMILES string of the molecule is CCCOCCOc1nc(C(F)(F)F)ccc1C(=N)N. The van der Waals surface area contributed by atoms with Crippen molar-refractivity contribution < 1.29 is 22.6 Å². The Hall–Kier alpha value is -1.83. The number of hydrogen-bond acceptors (Lipinski definition) is 4. The summed E-state index contributed by atoms with van der Waals surface area (Å²) in [4.78, 5) is 3.36. The van der Waals surface area contributed by atoms with Crippen LogP contribution in [0.4, 0.5) is 13.2 Å². The van der Waals surface area contributed by atoms with Crippen LogP contribution in [0.2, 0.25) is 0 Å². The first-order valence-corrected chi connectivity index (χ1v) is 5.99. The van der Waals surface area contributed by atoms with E-state index in [4.69, 9.17) is 20.6 Å². The Bertz CT molecular complexity index is 464. The molecule has 0 amide bonds. The van der Waals surface area contributed by atoms with Gasteiger partial charge in [0.1, 0.15) is 18.1 Å². The molecule has 0 aliphatic carbocycles. The molecule has 0 spiro atoms. The van der Waals surface area contributed by atoms with Gasteiger partial charge in [0, 0.05) is 6.61 Å². The van der Waals surface area contributed by atoms with Gasteiger partial charge in [-0.2, -0.15) is 13.2 Å². The van der Waals surface area contributed by atoms with Crippen LogP contribution in [0.15, 0.2) is 12.1 Å². The van der Waals surface area contributed by atoms with Crippen molar-refractivity contribution in [3.8, 4) is 5.88 Å². The van der Waals surface area contributed by atoms with Crippen LogP contribution in [0.25, 0.3) is 0 Å². The summed E-state index contributed by atoms with van der Waals surface area (Å²) >= 11 is 0. The lowest BCUT2D eigenvalue weighted by atomic mass is 10.2. The Kier molecular flexibility index (Phi) is 5.75. The van der Waals surface area contributed by atoms with Gasteiger partial charge in [-0.15, -0.1) is 0 Å². The predicted octanol–water partition coefficient (Wildman–Crippen LogP) is 2.19. The molecular weight excluding hydrogens is 275 g/mol. The van der Waals surface area contributed by atoms with Crippen LogP contribution in [0.1, 0.15) is 24.6 Å². The van der Waals surface area contributed by atoms with Gasteiger partial charge in [-0.3, -0.25) is 5.41 Å². The van der Waals surface area contributed by atoms with E-state index < -0.39 is 17.7 Å². The number of nitrogens with two attached hydrogens (primary N) is 1. The predicted molar refractivity (Wildman–Crippen MR) is 66.9 cm³/mol. The molecule has 0 aliphatic heterocycles. The number of pyridine rings is 1. The molecule has 0 saturated heterocycles. The van der Waals surface area contributed by atoms with E-state index in [9.17, 15) is 13.2 Å². The van der Waals surface area contributed by atoms with Crippen molar-refractivity contribution in [1.29, 1.82) is 5.41 Å². The van der Waals surface area contributed by atoms with Gasteiger partial charge in [-0.05, 0) is 18.6 Å². The molecule has 0 atom stereocenters. The first-order chi connectivity index (χ1) is 9.36. The summed E-state index contributed by atoms with van der Waals surface area (Å²) in [5.41, 5.74) is 4.21. The summed E-state index contributed by atoms with van der Waals surface area (Å²) in [5.74, 6) is -0.719. The average Bonchev–Trinajstić information content (AvgIpc) is 2.37. The van der Waals surface area contributed by atoms with Crippen LogP contribution in [0.5, 0.6) is 5.88 Å². The Labute approximate surface area is 114 Å². The number of nitrogens with zero attached hydrogens (tertiary/aromatic N) is 1. The molecule has 112 valence electrons. The summed E-state index contributed by atoms with van der Waals surface area (Å²) in [6, 6.07) is 1.83. The summed E-state index contributed by atoms with van der Waals surface area (Å²) in [7, 11) is 0. The van der Waals surface area contributed by atoms with E-state index in [1.165, 1.54) is 0 Å². The monoisotopic (exact) mass is 291 g/mol. The third kappa shape index (κ3) is 4.69. The number of hydrogen-bond donors (Lipinski definition) is 2. The van der Waals surface area contributed by atoms with E-state index in [1.54, 1.807) is 0 Å². The molecule has 1 aromatic heterocycles.